The lowest BCUT2D eigenvalue weighted by atomic mass is 10.00. The first kappa shape index (κ1) is 14.7. The highest BCUT2D eigenvalue weighted by atomic mass is 16.6. The molecule has 0 heterocycles. The summed E-state index contributed by atoms with van der Waals surface area (Å²) in [7, 11) is 1.28. The second-order valence-electron chi connectivity index (χ2n) is 4.80. The molecule has 16 heavy (non-hydrogen) atoms. The molecule has 0 bridgehead atoms. The molecule has 0 fully saturated rings. The number of rotatable bonds is 3. The Morgan fingerprint density at radius 1 is 1.19 bits per heavy atom. The summed E-state index contributed by atoms with van der Waals surface area (Å²) in [6, 6.07) is 0. The molecule has 5 nitrogen and oxygen atoms in total. The Bertz CT molecular complexity index is 270. The number of hydrogen-bond acceptors (Lipinski definition) is 4. The monoisotopic (exact) mass is 231 g/mol. The molecule has 0 saturated heterocycles. The number of ether oxygens (including phenoxy) is 2. The van der Waals surface area contributed by atoms with Gasteiger partial charge in [0.1, 0.15) is 11.1 Å². The van der Waals surface area contributed by atoms with Crippen LogP contribution in [0.15, 0.2) is 0 Å². The first-order chi connectivity index (χ1) is 7.14. The standard InChI is InChI=1S/C11H21NO4/c1-7-11(5,8(13)15-6)12-9(14)16-10(2,3)4/h7H2,1-6H3,(H,12,14). The number of hydrogen-bond donors (Lipinski definition) is 1. The van der Waals surface area contributed by atoms with E-state index < -0.39 is 23.2 Å². The first-order valence-electron chi connectivity index (χ1n) is 5.24. The Morgan fingerprint density at radius 3 is 2.00 bits per heavy atom. The largest absolute Gasteiger partial charge is 0.467 e. The molecular formula is C11H21NO4. The van der Waals surface area contributed by atoms with Crippen LogP contribution in [-0.2, 0) is 14.3 Å². The second kappa shape index (κ2) is 5.18. The minimum Gasteiger partial charge on any atom is -0.467 e. The van der Waals surface area contributed by atoms with Gasteiger partial charge < -0.3 is 14.8 Å². The molecule has 0 radical (unpaired) electrons. The molecule has 1 unspecified atom stereocenters. The zero-order valence-electron chi connectivity index (χ0n) is 10.8. The van der Waals surface area contributed by atoms with E-state index in [-0.39, 0.29) is 0 Å². The molecule has 0 rings (SSSR count). The smallest absolute Gasteiger partial charge is 0.408 e. The zero-order chi connectivity index (χ0) is 13.0. The van der Waals surface area contributed by atoms with Crippen LogP contribution < -0.4 is 5.32 Å². The summed E-state index contributed by atoms with van der Waals surface area (Å²) in [6.07, 6.45) is -0.193. The molecular weight excluding hydrogens is 210 g/mol. The van der Waals surface area contributed by atoms with Gasteiger partial charge in [0.15, 0.2) is 0 Å². The van der Waals surface area contributed by atoms with Gasteiger partial charge in [-0.15, -0.1) is 0 Å². The van der Waals surface area contributed by atoms with Crippen LogP contribution in [-0.4, -0.2) is 30.3 Å². The topological polar surface area (TPSA) is 64.6 Å². The number of methoxy groups -OCH3 is 1. The van der Waals surface area contributed by atoms with Crippen LogP contribution in [0.1, 0.15) is 41.0 Å². The molecule has 1 atom stereocenters. The lowest BCUT2D eigenvalue weighted by Crippen LogP contribution is -2.53. The summed E-state index contributed by atoms with van der Waals surface area (Å²) >= 11 is 0. The van der Waals surface area contributed by atoms with Crippen LogP contribution >= 0.6 is 0 Å². The fraction of sp³-hybridized carbons (Fsp3) is 0.818. The zero-order valence-corrected chi connectivity index (χ0v) is 10.8. The third-order valence-electron chi connectivity index (χ3n) is 2.12. The maximum Gasteiger partial charge on any atom is 0.408 e. The van der Waals surface area contributed by atoms with Crippen molar-refractivity contribution in [2.75, 3.05) is 7.11 Å². The predicted molar refractivity (Wildman–Crippen MR) is 60.1 cm³/mol. The van der Waals surface area contributed by atoms with E-state index >= 15 is 0 Å². The summed E-state index contributed by atoms with van der Waals surface area (Å²) in [6.45, 7) is 8.66. The normalized spacial score (nSPS) is 14.9. The predicted octanol–water partition coefficient (Wildman–Crippen LogP) is 1.85. The van der Waals surface area contributed by atoms with Gasteiger partial charge >= 0.3 is 12.1 Å². The van der Waals surface area contributed by atoms with E-state index in [0.717, 1.165) is 0 Å². The summed E-state index contributed by atoms with van der Waals surface area (Å²) in [4.78, 5) is 23.0. The first-order valence-corrected chi connectivity index (χ1v) is 5.24. The maximum atomic E-state index is 11.5. The molecule has 94 valence electrons. The van der Waals surface area contributed by atoms with Crippen LogP contribution in [0, 0.1) is 0 Å². The van der Waals surface area contributed by atoms with Crippen LogP contribution in [0.3, 0.4) is 0 Å². The third-order valence-corrected chi connectivity index (χ3v) is 2.12. The fourth-order valence-corrected chi connectivity index (χ4v) is 1.04. The SMILES string of the molecule is CCC(C)(NC(=O)OC(C)(C)C)C(=O)OC. The van der Waals surface area contributed by atoms with Crippen molar-refractivity contribution in [3.05, 3.63) is 0 Å². The van der Waals surface area contributed by atoms with Gasteiger partial charge in [0, 0.05) is 0 Å². The molecule has 0 aromatic rings. The molecule has 5 heteroatoms. The number of esters is 1. The Kier molecular flexibility index (Phi) is 4.78. The lowest BCUT2D eigenvalue weighted by Gasteiger charge is -2.28. The van der Waals surface area contributed by atoms with Gasteiger partial charge in [-0.05, 0) is 34.1 Å². The van der Waals surface area contributed by atoms with Gasteiger partial charge in [-0.1, -0.05) is 6.92 Å². The van der Waals surface area contributed by atoms with Gasteiger partial charge in [0.05, 0.1) is 7.11 Å². The van der Waals surface area contributed by atoms with E-state index in [1.807, 2.05) is 0 Å². The van der Waals surface area contributed by atoms with E-state index in [1.54, 1.807) is 34.6 Å². The number of amides is 1. The van der Waals surface area contributed by atoms with Crippen LogP contribution in [0.25, 0.3) is 0 Å². The van der Waals surface area contributed by atoms with Gasteiger partial charge in [-0.2, -0.15) is 0 Å². The third kappa shape index (κ3) is 4.51. The average Bonchev–Trinajstić information content (AvgIpc) is 2.13. The molecule has 0 aliphatic heterocycles. The van der Waals surface area contributed by atoms with E-state index in [9.17, 15) is 9.59 Å². The Morgan fingerprint density at radius 2 is 1.69 bits per heavy atom. The van der Waals surface area contributed by atoms with Crippen molar-refractivity contribution < 1.29 is 19.1 Å². The quantitative estimate of drug-likeness (QED) is 0.753. The summed E-state index contributed by atoms with van der Waals surface area (Å²) < 4.78 is 9.70. The number of nitrogens with one attached hydrogen (secondary N) is 1. The summed E-state index contributed by atoms with van der Waals surface area (Å²) in [5.41, 5.74) is -1.63. The highest BCUT2D eigenvalue weighted by Gasteiger charge is 2.35. The minimum absolute atomic E-state index is 0.429. The highest BCUT2D eigenvalue weighted by Crippen LogP contribution is 2.13. The summed E-state index contributed by atoms with van der Waals surface area (Å²) in [5, 5.41) is 2.51. The van der Waals surface area contributed by atoms with E-state index in [1.165, 1.54) is 7.11 Å². The van der Waals surface area contributed by atoms with Gasteiger partial charge in [-0.3, -0.25) is 0 Å². The van der Waals surface area contributed by atoms with E-state index in [2.05, 4.69) is 10.1 Å². The fourth-order valence-electron chi connectivity index (χ4n) is 1.04. The summed E-state index contributed by atoms with van der Waals surface area (Å²) in [5.74, 6) is -0.485. The molecule has 0 aliphatic carbocycles. The van der Waals surface area contributed by atoms with Crippen molar-refractivity contribution >= 4 is 12.1 Å². The average molecular weight is 231 g/mol. The highest BCUT2D eigenvalue weighted by molar-refractivity contribution is 5.85. The molecule has 0 spiro atoms. The molecule has 0 saturated carbocycles. The molecule has 1 N–H and O–H groups in total. The van der Waals surface area contributed by atoms with Crippen molar-refractivity contribution in [3.8, 4) is 0 Å². The number of carbonyl (C=O) groups excluding carboxylic acids is 2. The second-order valence-corrected chi connectivity index (χ2v) is 4.80. The Hall–Kier alpha value is -1.26. The van der Waals surface area contributed by atoms with Crippen LogP contribution in [0.4, 0.5) is 4.79 Å². The van der Waals surface area contributed by atoms with Gasteiger partial charge in [0.25, 0.3) is 0 Å². The van der Waals surface area contributed by atoms with Crippen molar-refractivity contribution in [2.45, 2.75) is 52.2 Å². The van der Waals surface area contributed by atoms with Crippen molar-refractivity contribution in [3.63, 3.8) is 0 Å². The van der Waals surface area contributed by atoms with E-state index in [4.69, 9.17) is 4.74 Å². The van der Waals surface area contributed by atoms with Crippen molar-refractivity contribution in [1.29, 1.82) is 0 Å². The molecule has 0 aromatic heterocycles. The van der Waals surface area contributed by atoms with Gasteiger partial charge in [-0.25, -0.2) is 9.59 Å². The Balaban J connectivity index is 4.55. The Labute approximate surface area is 96.5 Å². The van der Waals surface area contributed by atoms with Gasteiger partial charge in [0.2, 0.25) is 0 Å². The molecule has 1 amide bonds. The number of alkyl carbamates (subject to hydrolysis) is 1. The molecule has 0 aliphatic rings. The minimum atomic E-state index is -1.04. The lowest BCUT2D eigenvalue weighted by molar-refractivity contribution is -0.148. The van der Waals surface area contributed by atoms with Crippen molar-refractivity contribution in [1.82, 2.24) is 5.32 Å². The number of carbonyl (C=O) groups is 2. The van der Waals surface area contributed by atoms with Crippen molar-refractivity contribution in [2.24, 2.45) is 0 Å². The molecule has 0 aromatic carbocycles. The van der Waals surface area contributed by atoms with Crippen LogP contribution in [0.2, 0.25) is 0 Å². The van der Waals surface area contributed by atoms with Crippen LogP contribution in [0.5, 0.6) is 0 Å². The maximum absolute atomic E-state index is 11.5. The van der Waals surface area contributed by atoms with E-state index in [0.29, 0.717) is 6.42 Å².